The molecule has 76 valence electrons. The van der Waals surface area contributed by atoms with Crippen molar-refractivity contribution >= 4 is 5.97 Å². The van der Waals surface area contributed by atoms with Crippen LogP contribution in [0.25, 0.3) is 0 Å². The summed E-state index contributed by atoms with van der Waals surface area (Å²) in [4.78, 5) is 14.6. The summed E-state index contributed by atoms with van der Waals surface area (Å²) in [6.45, 7) is 0.914. The van der Waals surface area contributed by atoms with Crippen molar-refractivity contribution in [3.05, 3.63) is 24.0 Å². The van der Waals surface area contributed by atoms with Crippen molar-refractivity contribution < 1.29 is 14.3 Å². The Morgan fingerprint density at radius 3 is 2.93 bits per heavy atom. The van der Waals surface area contributed by atoms with Crippen LogP contribution in [0.15, 0.2) is 18.3 Å². The first kappa shape index (κ1) is 9.27. The summed E-state index contributed by atoms with van der Waals surface area (Å²) >= 11 is 0. The molecule has 4 heteroatoms. The number of carbonyl (C=O) groups excluding carboxylic acids is 1. The maximum atomic E-state index is 11.5. The predicted octanol–water partition coefficient (Wildman–Crippen LogP) is 0.747. The van der Waals surface area contributed by atoms with Crippen molar-refractivity contribution in [1.29, 1.82) is 0 Å². The number of H-pyrrole nitrogens is 1. The van der Waals surface area contributed by atoms with Crippen molar-refractivity contribution in [2.45, 2.75) is 6.42 Å². The molecular formula is C10H13NO3. The minimum Gasteiger partial charge on any atom is -0.468 e. The van der Waals surface area contributed by atoms with Gasteiger partial charge in [-0.15, -0.1) is 0 Å². The summed E-state index contributed by atoms with van der Waals surface area (Å²) in [5, 5.41) is 0. The van der Waals surface area contributed by atoms with Crippen LogP contribution in [-0.4, -0.2) is 31.3 Å². The lowest BCUT2D eigenvalue weighted by Gasteiger charge is -2.38. The number of aromatic amines is 1. The summed E-state index contributed by atoms with van der Waals surface area (Å²) in [5.74, 6) is -0.182. The van der Waals surface area contributed by atoms with Crippen molar-refractivity contribution in [1.82, 2.24) is 4.98 Å². The van der Waals surface area contributed by atoms with E-state index in [1.165, 1.54) is 7.11 Å². The van der Waals surface area contributed by atoms with Gasteiger partial charge in [0.15, 0.2) is 0 Å². The van der Waals surface area contributed by atoms with Gasteiger partial charge in [-0.2, -0.15) is 0 Å². The normalized spacial score (nSPS) is 18.6. The van der Waals surface area contributed by atoms with Gasteiger partial charge in [0.25, 0.3) is 0 Å². The maximum absolute atomic E-state index is 11.5. The van der Waals surface area contributed by atoms with Crippen LogP contribution in [0.4, 0.5) is 0 Å². The predicted molar refractivity (Wildman–Crippen MR) is 49.8 cm³/mol. The Bertz CT molecular complexity index is 314. The molecule has 0 bridgehead atoms. The van der Waals surface area contributed by atoms with Gasteiger partial charge in [-0.25, -0.2) is 0 Å². The third-order valence-corrected chi connectivity index (χ3v) is 2.57. The van der Waals surface area contributed by atoms with Crippen LogP contribution in [0, 0.1) is 5.41 Å². The van der Waals surface area contributed by atoms with Gasteiger partial charge in [0, 0.05) is 18.3 Å². The fourth-order valence-electron chi connectivity index (χ4n) is 1.70. The van der Waals surface area contributed by atoms with Crippen molar-refractivity contribution in [3.63, 3.8) is 0 Å². The molecule has 0 amide bonds. The second kappa shape index (κ2) is 3.46. The third kappa shape index (κ3) is 1.42. The van der Waals surface area contributed by atoms with Gasteiger partial charge in [0.2, 0.25) is 0 Å². The van der Waals surface area contributed by atoms with Crippen molar-refractivity contribution in [2.24, 2.45) is 5.41 Å². The quantitative estimate of drug-likeness (QED) is 0.724. The topological polar surface area (TPSA) is 51.3 Å². The Hall–Kier alpha value is -1.29. The van der Waals surface area contributed by atoms with Gasteiger partial charge in [0.05, 0.1) is 20.3 Å². The average Bonchev–Trinajstić information content (AvgIpc) is 2.62. The van der Waals surface area contributed by atoms with Gasteiger partial charge in [-0.3, -0.25) is 4.79 Å². The monoisotopic (exact) mass is 195 g/mol. The first-order valence-corrected chi connectivity index (χ1v) is 4.55. The molecule has 2 heterocycles. The third-order valence-electron chi connectivity index (χ3n) is 2.57. The summed E-state index contributed by atoms with van der Waals surface area (Å²) in [6, 6.07) is 3.88. The SMILES string of the molecule is COC(=O)C1(Cc2ccc[nH]2)COC1. The van der Waals surface area contributed by atoms with E-state index in [-0.39, 0.29) is 5.97 Å². The fourth-order valence-corrected chi connectivity index (χ4v) is 1.70. The molecule has 1 aromatic heterocycles. The van der Waals surface area contributed by atoms with Crippen molar-refractivity contribution in [3.8, 4) is 0 Å². The number of aromatic nitrogens is 1. The Morgan fingerprint density at radius 1 is 1.71 bits per heavy atom. The van der Waals surface area contributed by atoms with E-state index >= 15 is 0 Å². The lowest BCUT2D eigenvalue weighted by atomic mass is 9.81. The highest BCUT2D eigenvalue weighted by molar-refractivity contribution is 5.78. The van der Waals surface area contributed by atoms with E-state index in [0.717, 1.165) is 5.69 Å². The molecule has 2 rings (SSSR count). The summed E-state index contributed by atoms with van der Waals surface area (Å²) in [7, 11) is 1.41. The first-order valence-electron chi connectivity index (χ1n) is 4.55. The van der Waals surface area contributed by atoms with Gasteiger partial charge in [0.1, 0.15) is 5.41 Å². The van der Waals surface area contributed by atoms with Crippen LogP contribution in [0.3, 0.4) is 0 Å². The van der Waals surface area contributed by atoms with E-state index in [0.29, 0.717) is 19.6 Å². The molecule has 1 fully saturated rings. The lowest BCUT2D eigenvalue weighted by molar-refractivity contribution is -0.183. The number of ether oxygens (including phenoxy) is 2. The molecular weight excluding hydrogens is 182 g/mol. The van der Waals surface area contributed by atoms with E-state index in [1.807, 2.05) is 18.3 Å². The molecule has 0 unspecified atom stereocenters. The second-order valence-corrected chi connectivity index (χ2v) is 3.64. The molecule has 1 N–H and O–H groups in total. The number of esters is 1. The number of carbonyl (C=O) groups is 1. The minimum absolute atomic E-state index is 0.182. The van der Waals surface area contributed by atoms with E-state index in [4.69, 9.17) is 9.47 Å². The van der Waals surface area contributed by atoms with E-state index in [1.54, 1.807) is 0 Å². The molecule has 1 aromatic rings. The summed E-state index contributed by atoms with van der Waals surface area (Å²) < 4.78 is 9.87. The van der Waals surface area contributed by atoms with Crippen LogP contribution in [0.1, 0.15) is 5.69 Å². The second-order valence-electron chi connectivity index (χ2n) is 3.64. The van der Waals surface area contributed by atoms with Gasteiger partial charge >= 0.3 is 5.97 Å². The Labute approximate surface area is 82.2 Å². The Morgan fingerprint density at radius 2 is 2.50 bits per heavy atom. The highest BCUT2D eigenvalue weighted by atomic mass is 16.5. The maximum Gasteiger partial charge on any atom is 0.316 e. The van der Waals surface area contributed by atoms with Gasteiger partial charge < -0.3 is 14.5 Å². The molecule has 0 aromatic carbocycles. The molecule has 1 aliphatic rings. The lowest BCUT2D eigenvalue weighted by Crippen LogP contribution is -2.51. The van der Waals surface area contributed by atoms with Crippen LogP contribution in [0.5, 0.6) is 0 Å². The molecule has 1 saturated heterocycles. The molecule has 0 atom stereocenters. The van der Waals surface area contributed by atoms with Gasteiger partial charge in [-0.05, 0) is 12.1 Å². The average molecular weight is 195 g/mol. The summed E-state index contributed by atoms with van der Waals surface area (Å²) in [6.07, 6.45) is 2.51. The van der Waals surface area contributed by atoms with Crippen LogP contribution < -0.4 is 0 Å². The molecule has 0 radical (unpaired) electrons. The Balaban J connectivity index is 2.10. The fraction of sp³-hybridized carbons (Fsp3) is 0.500. The molecule has 0 saturated carbocycles. The van der Waals surface area contributed by atoms with Crippen LogP contribution >= 0.6 is 0 Å². The summed E-state index contributed by atoms with van der Waals surface area (Å²) in [5.41, 5.74) is 0.582. The number of methoxy groups -OCH3 is 1. The molecule has 0 spiro atoms. The van der Waals surface area contributed by atoms with Crippen molar-refractivity contribution in [2.75, 3.05) is 20.3 Å². The minimum atomic E-state index is -0.459. The van der Waals surface area contributed by atoms with E-state index in [9.17, 15) is 4.79 Å². The number of hydrogen-bond donors (Lipinski definition) is 1. The Kier molecular flexibility index (Phi) is 2.29. The first-order chi connectivity index (χ1) is 6.77. The van der Waals surface area contributed by atoms with Gasteiger partial charge in [-0.1, -0.05) is 0 Å². The van der Waals surface area contributed by atoms with E-state index in [2.05, 4.69) is 4.98 Å². The highest BCUT2D eigenvalue weighted by Gasteiger charge is 2.47. The standard InChI is InChI=1S/C10H13NO3/c1-13-9(12)10(6-14-7-10)5-8-3-2-4-11-8/h2-4,11H,5-7H2,1H3. The van der Waals surface area contributed by atoms with Crippen LogP contribution in [0.2, 0.25) is 0 Å². The zero-order valence-electron chi connectivity index (χ0n) is 8.08. The highest BCUT2D eigenvalue weighted by Crippen LogP contribution is 2.32. The molecule has 14 heavy (non-hydrogen) atoms. The zero-order chi connectivity index (χ0) is 10.0. The smallest absolute Gasteiger partial charge is 0.316 e. The molecule has 1 aliphatic heterocycles. The number of rotatable bonds is 3. The number of hydrogen-bond acceptors (Lipinski definition) is 3. The largest absolute Gasteiger partial charge is 0.468 e. The van der Waals surface area contributed by atoms with E-state index < -0.39 is 5.41 Å². The number of nitrogens with one attached hydrogen (secondary N) is 1. The molecule has 0 aliphatic carbocycles. The molecule has 4 nitrogen and oxygen atoms in total. The van der Waals surface area contributed by atoms with Crippen LogP contribution in [-0.2, 0) is 20.7 Å². The zero-order valence-corrected chi connectivity index (χ0v) is 8.08.